The second kappa shape index (κ2) is 8.51. The number of aliphatic hydroxyl groups excluding tert-OH is 3. The summed E-state index contributed by atoms with van der Waals surface area (Å²) in [6.07, 6.45) is 6.07. The van der Waals surface area contributed by atoms with Gasteiger partial charge in [0, 0.05) is 12.0 Å². The zero-order valence-corrected chi connectivity index (χ0v) is 16.0. The van der Waals surface area contributed by atoms with Crippen molar-refractivity contribution >= 4 is 5.78 Å². The fraction of sp³-hybridized carbons (Fsp3) is 0.667. The summed E-state index contributed by atoms with van der Waals surface area (Å²) >= 11 is 0. The van der Waals surface area contributed by atoms with Crippen LogP contribution in [0.1, 0.15) is 59.3 Å². The zero-order valence-electron chi connectivity index (χ0n) is 16.0. The van der Waals surface area contributed by atoms with Gasteiger partial charge in [-0.05, 0) is 64.7 Å². The average molecular weight is 364 g/mol. The molecule has 0 heterocycles. The molecule has 0 amide bonds. The fourth-order valence-corrected chi connectivity index (χ4v) is 4.17. The number of rotatable bonds is 6. The molecule has 0 bridgehead atoms. The summed E-state index contributed by atoms with van der Waals surface area (Å²) in [5.74, 6) is -0.392. The first-order valence-electron chi connectivity index (χ1n) is 9.46. The highest BCUT2D eigenvalue weighted by atomic mass is 16.3. The third-order valence-corrected chi connectivity index (χ3v) is 6.02. The van der Waals surface area contributed by atoms with E-state index in [1.807, 2.05) is 19.9 Å². The number of hydrogen-bond acceptors (Lipinski definition) is 5. The Morgan fingerprint density at radius 2 is 1.96 bits per heavy atom. The van der Waals surface area contributed by atoms with E-state index in [1.165, 1.54) is 0 Å². The van der Waals surface area contributed by atoms with Crippen molar-refractivity contribution in [3.05, 3.63) is 34.6 Å². The number of aliphatic hydroxyl groups is 4. The minimum Gasteiger partial charge on any atom is -0.509 e. The molecule has 0 aromatic carbocycles. The van der Waals surface area contributed by atoms with Crippen molar-refractivity contribution in [3.63, 3.8) is 0 Å². The topological polar surface area (TPSA) is 98.0 Å². The molecule has 26 heavy (non-hydrogen) atoms. The molecule has 5 nitrogen and oxygen atoms in total. The molecule has 2 rings (SSSR count). The smallest absolute Gasteiger partial charge is 0.162 e. The average Bonchev–Trinajstić information content (AvgIpc) is 2.89. The van der Waals surface area contributed by atoms with Gasteiger partial charge in [0.15, 0.2) is 5.78 Å². The van der Waals surface area contributed by atoms with E-state index < -0.39 is 11.7 Å². The molecular formula is C21H32O5. The summed E-state index contributed by atoms with van der Waals surface area (Å²) in [7, 11) is 0. The van der Waals surface area contributed by atoms with Crippen LogP contribution in [0.4, 0.5) is 0 Å². The summed E-state index contributed by atoms with van der Waals surface area (Å²) in [6.45, 7) is 5.75. The van der Waals surface area contributed by atoms with Crippen LogP contribution in [0.25, 0.3) is 0 Å². The van der Waals surface area contributed by atoms with Crippen LogP contribution in [0, 0.1) is 11.8 Å². The highest BCUT2D eigenvalue weighted by Gasteiger charge is 2.45. The summed E-state index contributed by atoms with van der Waals surface area (Å²) in [4.78, 5) is 12.2. The molecule has 4 N–H and O–H groups in total. The Hall–Kier alpha value is -1.43. The number of ketones is 1. The monoisotopic (exact) mass is 364 g/mol. The Balaban J connectivity index is 2.21. The number of Topliss-reactive ketones (excluding diaryl/α,β-unsaturated/α-hetero) is 1. The lowest BCUT2D eigenvalue weighted by atomic mass is 9.76. The van der Waals surface area contributed by atoms with Crippen LogP contribution >= 0.6 is 0 Å². The summed E-state index contributed by atoms with van der Waals surface area (Å²) in [6, 6.07) is 0. The van der Waals surface area contributed by atoms with E-state index in [-0.39, 0.29) is 54.8 Å². The van der Waals surface area contributed by atoms with Gasteiger partial charge in [0.2, 0.25) is 0 Å². The second-order valence-electron chi connectivity index (χ2n) is 8.05. The number of carbonyl (C=O) groups excluding carboxylic acids is 1. The van der Waals surface area contributed by atoms with Gasteiger partial charge in [-0.3, -0.25) is 4.79 Å². The first-order chi connectivity index (χ1) is 12.2. The first-order valence-corrected chi connectivity index (χ1v) is 9.46. The van der Waals surface area contributed by atoms with Crippen LogP contribution in [-0.2, 0) is 4.79 Å². The largest absolute Gasteiger partial charge is 0.509 e. The number of carbonyl (C=O) groups is 1. The van der Waals surface area contributed by atoms with E-state index in [2.05, 4.69) is 6.08 Å². The van der Waals surface area contributed by atoms with E-state index in [0.29, 0.717) is 6.42 Å². The number of hydrogen-bond donors (Lipinski definition) is 4. The Morgan fingerprint density at radius 3 is 2.62 bits per heavy atom. The molecule has 0 spiro atoms. The second-order valence-corrected chi connectivity index (χ2v) is 8.05. The predicted octanol–water partition coefficient (Wildman–Crippen LogP) is 2.96. The molecule has 0 saturated heterocycles. The lowest BCUT2D eigenvalue weighted by Gasteiger charge is -2.32. The van der Waals surface area contributed by atoms with Gasteiger partial charge in [-0.25, -0.2) is 0 Å². The van der Waals surface area contributed by atoms with Gasteiger partial charge in [-0.1, -0.05) is 23.3 Å². The minimum atomic E-state index is -0.976. The van der Waals surface area contributed by atoms with Gasteiger partial charge in [-0.2, -0.15) is 0 Å². The van der Waals surface area contributed by atoms with E-state index in [0.717, 1.165) is 24.0 Å². The first kappa shape index (κ1) is 20.9. The van der Waals surface area contributed by atoms with Crippen molar-refractivity contribution in [2.75, 3.05) is 6.61 Å². The van der Waals surface area contributed by atoms with Crippen LogP contribution in [-0.4, -0.2) is 44.5 Å². The lowest BCUT2D eigenvalue weighted by Crippen LogP contribution is -2.35. The normalized spacial score (nSPS) is 33.9. The molecular weight excluding hydrogens is 332 g/mol. The van der Waals surface area contributed by atoms with Crippen molar-refractivity contribution in [1.82, 2.24) is 0 Å². The van der Waals surface area contributed by atoms with E-state index in [9.17, 15) is 20.1 Å². The molecule has 5 heteroatoms. The summed E-state index contributed by atoms with van der Waals surface area (Å²) < 4.78 is 0. The van der Waals surface area contributed by atoms with Gasteiger partial charge in [0.05, 0.1) is 12.2 Å². The van der Waals surface area contributed by atoms with E-state index in [4.69, 9.17) is 5.11 Å². The highest BCUT2D eigenvalue weighted by molar-refractivity contribution is 5.96. The van der Waals surface area contributed by atoms with Crippen molar-refractivity contribution < 1.29 is 25.2 Å². The minimum absolute atomic E-state index is 0.0471. The van der Waals surface area contributed by atoms with Crippen LogP contribution in [0.2, 0.25) is 0 Å². The Bertz CT molecular complexity index is 626. The van der Waals surface area contributed by atoms with Crippen LogP contribution in [0.3, 0.4) is 0 Å². The van der Waals surface area contributed by atoms with Crippen molar-refractivity contribution in [3.8, 4) is 0 Å². The molecule has 1 saturated carbocycles. The van der Waals surface area contributed by atoms with Crippen molar-refractivity contribution in [1.29, 1.82) is 0 Å². The summed E-state index contributed by atoms with van der Waals surface area (Å²) in [5.41, 5.74) is 1.44. The SMILES string of the molecule is C/C(=C/C/C=C(\C)CO)C1CCC(C)(O)C1CC1=C(O)C(O)CCC1=O. The molecule has 2 aliphatic carbocycles. The van der Waals surface area contributed by atoms with Gasteiger partial charge >= 0.3 is 0 Å². The van der Waals surface area contributed by atoms with Crippen LogP contribution < -0.4 is 0 Å². The van der Waals surface area contributed by atoms with E-state index in [1.54, 1.807) is 6.92 Å². The molecule has 0 aliphatic heterocycles. The maximum absolute atomic E-state index is 12.2. The maximum atomic E-state index is 12.2. The third kappa shape index (κ3) is 4.64. The van der Waals surface area contributed by atoms with Gasteiger partial charge in [0.1, 0.15) is 11.9 Å². The highest BCUT2D eigenvalue weighted by Crippen LogP contribution is 2.47. The fourth-order valence-electron chi connectivity index (χ4n) is 4.17. The Morgan fingerprint density at radius 1 is 1.27 bits per heavy atom. The molecule has 2 aliphatic rings. The van der Waals surface area contributed by atoms with Crippen LogP contribution in [0.5, 0.6) is 0 Å². The molecule has 4 unspecified atom stereocenters. The zero-order chi connectivity index (χ0) is 19.5. The third-order valence-electron chi connectivity index (χ3n) is 6.02. The lowest BCUT2D eigenvalue weighted by molar-refractivity contribution is -0.117. The quantitative estimate of drug-likeness (QED) is 0.543. The molecule has 0 aromatic heterocycles. The van der Waals surface area contributed by atoms with Gasteiger partial charge in [-0.15, -0.1) is 0 Å². The Kier molecular flexibility index (Phi) is 6.83. The molecule has 0 radical (unpaired) electrons. The molecule has 146 valence electrons. The standard InChI is InChI=1S/C21H32O5/c1-13(12-22)5-4-6-14(2)15-9-10-21(3,26)17(15)11-16-18(23)7-8-19(24)20(16)25/h5-6,15,17,19,22,24-26H,4,7-12H2,1-3H3/b13-5+,14-6-. The van der Waals surface area contributed by atoms with Gasteiger partial charge in [0.25, 0.3) is 0 Å². The predicted molar refractivity (Wildman–Crippen MR) is 101 cm³/mol. The van der Waals surface area contributed by atoms with E-state index >= 15 is 0 Å². The molecule has 4 atom stereocenters. The maximum Gasteiger partial charge on any atom is 0.162 e. The van der Waals surface area contributed by atoms with Crippen molar-refractivity contribution in [2.24, 2.45) is 11.8 Å². The number of allylic oxidation sites excluding steroid dienone is 4. The van der Waals surface area contributed by atoms with Crippen molar-refractivity contribution in [2.45, 2.75) is 71.0 Å². The Labute approximate surface area is 155 Å². The molecule has 1 fully saturated rings. The van der Waals surface area contributed by atoms with Gasteiger partial charge < -0.3 is 20.4 Å². The summed E-state index contributed by atoms with van der Waals surface area (Å²) in [5, 5.41) is 40.0. The van der Waals surface area contributed by atoms with Crippen LogP contribution in [0.15, 0.2) is 34.6 Å². The molecule has 0 aromatic rings.